The number of hydrogen-bond acceptors (Lipinski definition) is 3. The van der Waals surface area contributed by atoms with E-state index in [2.05, 4.69) is 0 Å². The van der Waals surface area contributed by atoms with Gasteiger partial charge < -0.3 is 4.74 Å². The van der Waals surface area contributed by atoms with Crippen LogP contribution in [-0.2, 0) is 4.74 Å². The molecule has 3 nitrogen and oxygen atoms in total. The van der Waals surface area contributed by atoms with Gasteiger partial charge in [0.25, 0.3) is 0 Å². The second kappa shape index (κ2) is 6.15. The second-order valence-electron chi connectivity index (χ2n) is 4.41. The number of rotatable bonds is 4. The summed E-state index contributed by atoms with van der Waals surface area (Å²) in [5.74, 6) is -0.628. The number of hydrogen-bond donors (Lipinski definition) is 0. The van der Waals surface area contributed by atoms with Crippen molar-refractivity contribution in [3.63, 3.8) is 0 Å². The summed E-state index contributed by atoms with van der Waals surface area (Å²) in [7, 11) is 0. The minimum absolute atomic E-state index is 0.160. The molecule has 0 saturated heterocycles. The lowest BCUT2D eigenvalue weighted by Crippen LogP contribution is -2.13. The molecule has 2 rings (SSSR count). The Balaban J connectivity index is 2.46. The van der Waals surface area contributed by atoms with Crippen molar-refractivity contribution in [2.75, 3.05) is 6.61 Å². The predicted octanol–water partition coefficient (Wildman–Crippen LogP) is 3.40. The van der Waals surface area contributed by atoms with Gasteiger partial charge in [-0.15, -0.1) is 0 Å². The summed E-state index contributed by atoms with van der Waals surface area (Å²) < 4.78 is 4.99. The van der Waals surface area contributed by atoms with Gasteiger partial charge in [-0.05, 0) is 25.5 Å². The lowest BCUT2D eigenvalue weighted by molar-refractivity contribution is 0.0523. The summed E-state index contributed by atoms with van der Waals surface area (Å²) in [6, 6.07) is 14.1. The number of carbonyl (C=O) groups excluding carboxylic acids is 2. The molecular weight excluding hydrogens is 252 g/mol. The molecule has 0 spiro atoms. The molecule has 102 valence electrons. The highest BCUT2D eigenvalue weighted by molar-refractivity contribution is 6.15. The van der Waals surface area contributed by atoms with Crippen LogP contribution in [0.3, 0.4) is 0 Å². The van der Waals surface area contributed by atoms with Gasteiger partial charge in [0.2, 0.25) is 0 Å². The lowest BCUT2D eigenvalue weighted by Gasteiger charge is -2.09. The van der Waals surface area contributed by atoms with E-state index in [1.54, 1.807) is 37.3 Å². The van der Waals surface area contributed by atoms with Crippen molar-refractivity contribution in [3.8, 4) is 0 Å². The van der Waals surface area contributed by atoms with Crippen LogP contribution in [-0.4, -0.2) is 18.4 Å². The van der Waals surface area contributed by atoms with E-state index in [0.29, 0.717) is 16.7 Å². The van der Waals surface area contributed by atoms with E-state index in [0.717, 1.165) is 5.56 Å². The highest BCUT2D eigenvalue weighted by atomic mass is 16.5. The van der Waals surface area contributed by atoms with Crippen molar-refractivity contribution in [1.29, 1.82) is 0 Å². The van der Waals surface area contributed by atoms with Crippen LogP contribution < -0.4 is 0 Å². The van der Waals surface area contributed by atoms with Crippen molar-refractivity contribution in [2.45, 2.75) is 13.8 Å². The first kappa shape index (κ1) is 14.0. The molecule has 0 aliphatic heterocycles. The number of aryl methyl sites for hydroxylation is 1. The Hall–Kier alpha value is -2.42. The van der Waals surface area contributed by atoms with Crippen LogP contribution in [0.5, 0.6) is 0 Å². The van der Waals surface area contributed by atoms with E-state index in [-0.39, 0.29) is 12.4 Å². The quantitative estimate of drug-likeness (QED) is 0.630. The molecule has 0 radical (unpaired) electrons. The van der Waals surface area contributed by atoms with Crippen LogP contribution in [0.1, 0.15) is 38.8 Å². The minimum Gasteiger partial charge on any atom is -0.462 e. The van der Waals surface area contributed by atoms with Gasteiger partial charge in [0.15, 0.2) is 5.78 Å². The van der Waals surface area contributed by atoms with Crippen LogP contribution in [0.2, 0.25) is 0 Å². The average Bonchev–Trinajstić information content (AvgIpc) is 2.47. The van der Waals surface area contributed by atoms with Crippen LogP contribution in [0.4, 0.5) is 0 Å². The molecule has 0 bridgehead atoms. The average molecular weight is 268 g/mol. The molecule has 2 aromatic carbocycles. The van der Waals surface area contributed by atoms with Gasteiger partial charge in [-0.3, -0.25) is 4.79 Å². The zero-order valence-corrected chi connectivity index (χ0v) is 11.6. The monoisotopic (exact) mass is 268 g/mol. The highest BCUT2D eigenvalue weighted by Crippen LogP contribution is 2.18. The van der Waals surface area contributed by atoms with Crippen LogP contribution in [0, 0.1) is 6.92 Å². The summed E-state index contributed by atoms with van der Waals surface area (Å²) in [5, 5.41) is 0. The number of carbonyl (C=O) groups is 2. The Labute approximate surface area is 118 Å². The van der Waals surface area contributed by atoms with Gasteiger partial charge in [0, 0.05) is 11.1 Å². The zero-order chi connectivity index (χ0) is 14.5. The molecule has 0 heterocycles. The van der Waals surface area contributed by atoms with Crippen molar-refractivity contribution < 1.29 is 14.3 Å². The Morgan fingerprint density at radius 1 is 0.900 bits per heavy atom. The summed E-state index contributed by atoms with van der Waals surface area (Å²) in [6.45, 7) is 3.90. The van der Waals surface area contributed by atoms with Crippen molar-refractivity contribution >= 4 is 11.8 Å². The summed E-state index contributed by atoms with van der Waals surface area (Å²) in [6.07, 6.45) is 0. The molecule has 0 amide bonds. The predicted molar refractivity (Wildman–Crippen MR) is 77.0 cm³/mol. The number of benzene rings is 2. The van der Waals surface area contributed by atoms with Gasteiger partial charge in [0.1, 0.15) is 0 Å². The van der Waals surface area contributed by atoms with Crippen LogP contribution in [0.15, 0.2) is 48.5 Å². The van der Waals surface area contributed by atoms with Crippen LogP contribution in [0.25, 0.3) is 0 Å². The van der Waals surface area contributed by atoms with E-state index >= 15 is 0 Å². The third-order valence-corrected chi connectivity index (χ3v) is 3.06. The molecule has 0 aliphatic rings. The molecule has 0 fully saturated rings. The zero-order valence-electron chi connectivity index (χ0n) is 11.6. The Morgan fingerprint density at radius 2 is 1.45 bits per heavy atom. The maximum atomic E-state index is 12.6. The topological polar surface area (TPSA) is 43.4 Å². The fraction of sp³-hybridized carbons (Fsp3) is 0.176. The first-order chi connectivity index (χ1) is 9.65. The Morgan fingerprint density at radius 3 is 2.05 bits per heavy atom. The molecule has 0 aromatic heterocycles. The van der Waals surface area contributed by atoms with E-state index in [1.807, 2.05) is 25.1 Å². The van der Waals surface area contributed by atoms with Gasteiger partial charge in [-0.25, -0.2) is 4.79 Å². The molecule has 20 heavy (non-hydrogen) atoms. The van der Waals surface area contributed by atoms with Gasteiger partial charge in [-0.1, -0.05) is 42.5 Å². The smallest absolute Gasteiger partial charge is 0.338 e. The third kappa shape index (κ3) is 2.77. The fourth-order valence-corrected chi connectivity index (χ4v) is 2.04. The maximum absolute atomic E-state index is 12.6. The molecule has 0 atom stereocenters. The number of esters is 1. The van der Waals surface area contributed by atoms with Gasteiger partial charge in [-0.2, -0.15) is 0 Å². The SMILES string of the molecule is CCOC(=O)c1ccccc1C(=O)c1ccccc1C. The second-order valence-corrected chi connectivity index (χ2v) is 4.41. The molecular formula is C17H16O3. The fourth-order valence-electron chi connectivity index (χ4n) is 2.04. The molecule has 0 unspecified atom stereocenters. The number of ketones is 1. The van der Waals surface area contributed by atoms with Gasteiger partial charge >= 0.3 is 5.97 Å². The number of ether oxygens (including phenoxy) is 1. The van der Waals surface area contributed by atoms with E-state index in [4.69, 9.17) is 4.74 Å². The molecule has 2 aromatic rings. The van der Waals surface area contributed by atoms with Crippen molar-refractivity contribution in [1.82, 2.24) is 0 Å². The molecule has 0 saturated carbocycles. The Bertz CT molecular complexity index is 644. The normalized spacial score (nSPS) is 10.1. The van der Waals surface area contributed by atoms with Gasteiger partial charge in [0.05, 0.1) is 12.2 Å². The van der Waals surface area contributed by atoms with E-state index in [1.165, 1.54) is 0 Å². The lowest BCUT2D eigenvalue weighted by atomic mass is 9.95. The van der Waals surface area contributed by atoms with Crippen molar-refractivity contribution in [3.05, 3.63) is 70.8 Å². The molecule has 3 heteroatoms. The minimum atomic E-state index is -0.468. The molecule has 0 N–H and O–H groups in total. The largest absolute Gasteiger partial charge is 0.462 e. The summed E-state index contributed by atoms with van der Waals surface area (Å²) >= 11 is 0. The Kier molecular flexibility index (Phi) is 4.31. The first-order valence-electron chi connectivity index (χ1n) is 6.51. The molecule has 0 aliphatic carbocycles. The summed E-state index contributed by atoms with van der Waals surface area (Å²) in [5.41, 5.74) is 2.17. The van der Waals surface area contributed by atoms with Crippen molar-refractivity contribution in [2.24, 2.45) is 0 Å². The highest BCUT2D eigenvalue weighted by Gasteiger charge is 2.19. The van der Waals surface area contributed by atoms with E-state index in [9.17, 15) is 9.59 Å². The van der Waals surface area contributed by atoms with E-state index < -0.39 is 5.97 Å². The third-order valence-electron chi connectivity index (χ3n) is 3.06. The standard InChI is InChI=1S/C17H16O3/c1-3-20-17(19)15-11-7-6-10-14(15)16(18)13-9-5-4-8-12(13)2/h4-11H,3H2,1-2H3. The first-order valence-corrected chi connectivity index (χ1v) is 6.51. The maximum Gasteiger partial charge on any atom is 0.338 e. The van der Waals surface area contributed by atoms with Crippen LogP contribution >= 0.6 is 0 Å². The summed E-state index contributed by atoms with van der Waals surface area (Å²) in [4.78, 5) is 24.5.